The number of benzene rings is 1. The fourth-order valence-electron chi connectivity index (χ4n) is 2.87. The number of likely N-dealkylation sites (tertiary alicyclic amines) is 1. The quantitative estimate of drug-likeness (QED) is 0.924. The van der Waals surface area contributed by atoms with Gasteiger partial charge in [-0.15, -0.1) is 11.3 Å². The molecule has 0 aliphatic carbocycles. The van der Waals surface area contributed by atoms with E-state index in [1.54, 1.807) is 28.5 Å². The van der Waals surface area contributed by atoms with E-state index >= 15 is 0 Å². The van der Waals surface area contributed by atoms with Crippen LogP contribution in [0.25, 0.3) is 10.6 Å². The standard InChI is InChI=1S/C17H17FN2O3S/c1-10-6-7-11(17(22)23)8-20(10)16(21)14-9-24-15(19-14)12-4-2-3-5-13(12)18/h2-5,9-11H,6-8H2,1H3,(H,22,23). The number of rotatable bonds is 3. The summed E-state index contributed by atoms with van der Waals surface area (Å²) in [4.78, 5) is 29.7. The molecule has 0 spiro atoms. The summed E-state index contributed by atoms with van der Waals surface area (Å²) in [5.74, 6) is -2.12. The lowest BCUT2D eigenvalue weighted by Gasteiger charge is -2.36. The Kier molecular flexibility index (Phi) is 4.62. The summed E-state index contributed by atoms with van der Waals surface area (Å²) in [7, 11) is 0. The van der Waals surface area contributed by atoms with Crippen LogP contribution in [0.4, 0.5) is 4.39 Å². The van der Waals surface area contributed by atoms with E-state index in [0.29, 0.717) is 23.4 Å². The molecule has 1 aliphatic rings. The summed E-state index contributed by atoms with van der Waals surface area (Å²) >= 11 is 1.20. The van der Waals surface area contributed by atoms with Gasteiger partial charge in [-0.3, -0.25) is 9.59 Å². The molecule has 1 fully saturated rings. The smallest absolute Gasteiger partial charge is 0.308 e. The number of carbonyl (C=O) groups excluding carboxylic acids is 1. The van der Waals surface area contributed by atoms with Gasteiger partial charge < -0.3 is 10.0 Å². The number of aliphatic carboxylic acids is 1. The van der Waals surface area contributed by atoms with E-state index in [-0.39, 0.29) is 30.0 Å². The molecule has 1 aromatic heterocycles. The number of halogens is 1. The summed E-state index contributed by atoms with van der Waals surface area (Å²) in [6, 6.07) is 6.24. The van der Waals surface area contributed by atoms with Crippen molar-refractivity contribution in [2.45, 2.75) is 25.8 Å². The fraction of sp³-hybridized carbons (Fsp3) is 0.353. The average molecular weight is 348 g/mol. The van der Waals surface area contributed by atoms with Crippen LogP contribution in [0.3, 0.4) is 0 Å². The Morgan fingerprint density at radius 1 is 1.33 bits per heavy atom. The van der Waals surface area contributed by atoms with E-state index in [4.69, 9.17) is 0 Å². The first kappa shape index (κ1) is 16.6. The molecule has 2 aromatic rings. The van der Waals surface area contributed by atoms with Crippen LogP contribution in [0, 0.1) is 11.7 Å². The highest BCUT2D eigenvalue weighted by Gasteiger charge is 2.33. The summed E-state index contributed by atoms with van der Waals surface area (Å²) in [6.07, 6.45) is 1.21. The van der Waals surface area contributed by atoms with E-state index in [9.17, 15) is 19.1 Å². The number of piperidine rings is 1. The summed E-state index contributed by atoms with van der Waals surface area (Å²) in [5.41, 5.74) is 0.591. The van der Waals surface area contributed by atoms with Gasteiger partial charge in [0.1, 0.15) is 16.5 Å². The van der Waals surface area contributed by atoms with Crippen molar-refractivity contribution in [3.63, 3.8) is 0 Å². The number of carboxylic acids is 1. The molecule has 2 atom stereocenters. The lowest BCUT2D eigenvalue weighted by Crippen LogP contribution is -2.47. The van der Waals surface area contributed by atoms with Crippen LogP contribution >= 0.6 is 11.3 Å². The highest BCUT2D eigenvalue weighted by atomic mass is 32.1. The first-order chi connectivity index (χ1) is 11.5. The molecular formula is C17H17FN2O3S. The van der Waals surface area contributed by atoms with Gasteiger partial charge in [-0.1, -0.05) is 12.1 Å². The normalized spacial score (nSPS) is 20.8. The maximum absolute atomic E-state index is 13.8. The van der Waals surface area contributed by atoms with Crippen LogP contribution in [0.15, 0.2) is 29.6 Å². The number of aromatic nitrogens is 1. The zero-order valence-corrected chi connectivity index (χ0v) is 13.9. The number of thiazole rings is 1. The molecule has 126 valence electrons. The Morgan fingerprint density at radius 3 is 2.79 bits per heavy atom. The molecule has 1 aliphatic heterocycles. The van der Waals surface area contributed by atoms with Gasteiger partial charge >= 0.3 is 5.97 Å². The van der Waals surface area contributed by atoms with Gasteiger partial charge in [0, 0.05) is 23.5 Å². The third-order valence-corrected chi connectivity index (χ3v) is 5.20. The van der Waals surface area contributed by atoms with E-state index in [1.807, 2.05) is 6.92 Å². The zero-order valence-electron chi connectivity index (χ0n) is 13.1. The van der Waals surface area contributed by atoms with Crippen LogP contribution in [-0.4, -0.2) is 39.5 Å². The molecule has 0 bridgehead atoms. The van der Waals surface area contributed by atoms with Gasteiger partial charge in [-0.05, 0) is 31.9 Å². The van der Waals surface area contributed by atoms with E-state index in [1.165, 1.54) is 17.4 Å². The highest BCUT2D eigenvalue weighted by molar-refractivity contribution is 7.13. The summed E-state index contributed by atoms with van der Waals surface area (Å²) in [5, 5.41) is 11.2. The predicted molar refractivity (Wildman–Crippen MR) is 88.4 cm³/mol. The number of carbonyl (C=O) groups is 2. The number of nitrogens with zero attached hydrogens (tertiary/aromatic N) is 2. The minimum atomic E-state index is -0.884. The van der Waals surface area contributed by atoms with Crippen molar-refractivity contribution >= 4 is 23.2 Å². The van der Waals surface area contributed by atoms with Gasteiger partial charge in [0.2, 0.25) is 0 Å². The van der Waals surface area contributed by atoms with Crippen molar-refractivity contribution in [3.8, 4) is 10.6 Å². The molecule has 24 heavy (non-hydrogen) atoms. The Morgan fingerprint density at radius 2 is 2.08 bits per heavy atom. The first-order valence-electron chi connectivity index (χ1n) is 7.71. The number of hydrogen-bond donors (Lipinski definition) is 1. The van der Waals surface area contributed by atoms with Crippen molar-refractivity contribution in [2.24, 2.45) is 5.92 Å². The molecule has 1 aromatic carbocycles. The monoisotopic (exact) mass is 348 g/mol. The molecule has 3 rings (SSSR count). The van der Waals surface area contributed by atoms with Crippen LogP contribution in [0.1, 0.15) is 30.3 Å². The Balaban J connectivity index is 1.83. The largest absolute Gasteiger partial charge is 0.481 e. The van der Waals surface area contributed by atoms with Crippen LogP contribution in [0.5, 0.6) is 0 Å². The van der Waals surface area contributed by atoms with Crippen molar-refractivity contribution in [3.05, 3.63) is 41.2 Å². The minimum absolute atomic E-state index is 0.0355. The third kappa shape index (κ3) is 3.17. The zero-order chi connectivity index (χ0) is 17.3. The molecule has 1 N–H and O–H groups in total. The fourth-order valence-corrected chi connectivity index (χ4v) is 3.69. The molecule has 7 heteroatoms. The second-order valence-corrected chi connectivity index (χ2v) is 6.79. The molecule has 2 unspecified atom stereocenters. The van der Waals surface area contributed by atoms with E-state index in [2.05, 4.69) is 4.98 Å². The predicted octanol–water partition coefficient (Wildman–Crippen LogP) is 3.27. The van der Waals surface area contributed by atoms with Gasteiger partial charge in [0.05, 0.1) is 5.92 Å². The van der Waals surface area contributed by atoms with Crippen LogP contribution in [0.2, 0.25) is 0 Å². The number of amides is 1. The van der Waals surface area contributed by atoms with Crippen molar-refractivity contribution in [1.82, 2.24) is 9.88 Å². The number of hydrogen-bond acceptors (Lipinski definition) is 4. The van der Waals surface area contributed by atoms with Gasteiger partial charge in [-0.2, -0.15) is 0 Å². The first-order valence-corrected chi connectivity index (χ1v) is 8.59. The topological polar surface area (TPSA) is 70.5 Å². The second-order valence-electron chi connectivity index (χ2n) is 5.94. The van der Waals surface area contributed by atoms with Gasteiger partial charge in [0.15, 0.2) is 0 Å². The van der Waals surface area contributed by atoms with Crippen molar-refractivity contribution < 1.29 is 19.1 Å². The highest BCUT2D eigenvalue weighted by Crippen LogP contribution is 2.28. The molecule has 0 saturated carbocycles. The van der Waals surface area contributed by atoms with Gasteiger partial charge in [-0.25, -0.2) is 9.37 Å². The lowest BCUT2D eigenvalue weighted by molar-refractivity contribution is -0.143. The molecular weight excluding hydrogens is 331 g/mol. The summed E-state index contributed by atoms with van der Waals surface area (Å²) < 4.78 is 13.8. The lowest BCUT2D eigenvalue weighted by atomic mass is 9.93. The van der Waals surface area contributed by atoms with Crippen LogP contribution in [-0.2, 0) is 4.79 Å². The van der Waals surface area contributed by atoms with Crippen LogP contribution < -0.4 is 0 Å². The van der Waals surface area contributed by atoms with E-state index < -0.39 is 11.9 Å². The van der Waals surface area contributed by atoms with Crippen molar-refractivity contribution in [1.29, 1.82) is 0 Å². The molecule has 5 nitrogen and oxygen atoms in total. The Bertz CT molecular complexity index is 777. The van der Waals surface area contributed by atoms with Gasteiger partial charge in [0.25, 0.3) is 5.91 Å². The Labute approximate surface area is 142 Å². The van der Waals surface area contributed by atoms with E-state index in [0.717, 1.165) is 0 Å². The molecule has 1 saturated heterocycles. The maximum atomic E-state index is 13.8. The molecule has 0 radical (unpaired) electrons. The minimum Gasteiger partial charge on any atom is -0.481 e. The SMILES string of the molecule is CC1CCC(C(=O)O)CN1C(=O)c1csc(-c2ccccc2F)n1. The second kappa shape index (κ2) is 6.68. The Hall–Kier alpha value is -2.28. The number of carboxylic acid groups (broad SMARTS) is 1. The summed E-state index contributed by atoms with van der Waals surface area (Å²) in [6.45, 7) is 2.09. The third-order valence-electron chi connectivity index (χ3n) is 4.32. The molecule has 1 amide bonds. The maximum Gasteiger partial charge on any atom is 0.308 e. The molecule has 2 heterocycles. The average Bonchev–Trinajstić information content (AvgIpc) is 3.04. The van der Waals surface area contributed by atoms with Crippen molar-refractivity contribution in [2.75, 3.05) is 6.54 Å².